The van der Waals surface area contributed by atoms with Gasteiger partial charge in [-0.2, -0.15) is 0 Å². The van der Waals surface area contributed by atoms with Crippen LogP contribution in [0.1, 0.15) is 19.8 Å². The summed E-state index contributed by atoms with van der Waals surface area (Å²) < 4.78 is 0. The van der Waals surface area contributed by atoms with Crippen LogP contribution in [0.5, 0.6) is 0 Å². The monoisotopic (exact) mass is 271 g/mol. The molecule has 1 rings (SSSR count). The molecule has 0 spiro atoms. The number of amides is 1. The Morgan fingerprint density at radius 3 is 2.83 bits per heavy atom. The number of hydrogen-bond acceptors (Lipinski definition) is 4. The van der Waals surface area contributed by atoms with Crippen molar-refractivity contribution in [2.45, 2.75) is 25.8 Å². The van der Waals surface area contributed by atoms with E-state index in [-0.39, 0.29) is 34.8 Å². The minimum Gasteiger partial charge on any atom is -0.327 e. The molecule has 0 bridgehead atoms. The number of hydrogen-bond donors (Lipinski definition) is 2. The minimum atomic E-state index is -0.596. The molecule has 1 atom stereocenters. The molecule has 6 nitrogen and oxygen atoms in total. The smallest absolute Gasteiger partial charge is 0.294 e. The first-order valence-electron chi connectivity index (χ1n) is 5.43. The molecule has 0 fully saturated rings. The molecule has 0 aliphatic carbocycles. The zero-order valence-electron chi connectivity index (χ0n) is 9.85. The third kappa shape index (κ3) is 3.97. The number of benzene rings is 1. The molecule has 7 heteroatoms. The fourth-order valence-electron chi connectivity index (χ4n) is 1.35. The zero-order valence-corrected chi connectivity index (χ0v) is 10.6. The van der Waals surface area contributed by atoms with Gasteiger partial charge in [0.05, 0.1) is 4.92 Å². The van der Waals surface area contributed by atoms with Gasteiger partial charge in [-0.25, -0.2) is 0 Å². The number of nitro benzene ring substituents is 1. The van der Waals surface area contributed by atoms with E-state index in [1.165, 1.54) is 18.2 Å². The number of anilines is 1. The first-order chi connectivity index (χ1) is 8.43. The molecule has 18 heavy (non-hydrogen) atoms. The van der Waals surface area contributed by atoms with Crippen LogP contribution in [0, 0.1) is 10.1 Å². The van der Waals surface area contributed by atoms with Gasteiger partial charge in [0.2, 0.25) is 5.91 Å². The predicted octanol–water partition coefficient (Wildman–Crippen LogP) is 2.31. The lowest BCUT2D eigenvalue weighted by Gasteiger charge is -2.09. The van der Waals surface area contributed by atoms with Crippen LogP contribution in [0.25, 0.3) is 0 Å². The number of rotatable bonds is 5. The van der Waals surface area contributed by atoms with Crippen molar-refractivity contribution in [3.63, 3.8) is 0 Å². The topological polar surface area (TPSA) is 98.3 Å². The van der Waals surface area contributed by atoms with Gasteiger partial charge in [-0.3, -0.25) is 14.9 Å². The molecule has 1 unspecified atom stereocenters. The molecular weight excluding hydrogens is 258 g/mol. The molecule has 0 aromatic heterocycles. The van der Waals surface area contributed by atoms with E-state index in [0.717, 1.165) is 0 Å². The van der Waals surface area contributed by atoms with Crippen molar-refractivity contribution in [1.29, 1.82) is 0 Å². The lowest BCUT2D eigenvalue weighted by Crippen LogP contribution is -2.26. The van der Waals surface area contributed by atoms with Crippen molar-refractivity contribution in [3.8, 4) is 0 Å². The highest BCUT2D eigenvalue weighted by Crippen LogP contribution is 2.27. The summed E-state index contributed by atoms with van der Waals surface area (Å²) in [5, 5.41) is 13.5. The Morgan fingerprint density at radius 2 is 2.28 bits per heavy atom. The van der Waals surface area contributed by atoms with Gasteiger partial charge < -0.3 is 11.1 Å². The predicted molar refractivity (Wildman–Crippen MR) is 69.6 cm³/mol. The summed E-state index contributed by atoms with van der Waals surface area (Å²) >= 11 is 5.67. The minimum absolute atomic E-state index is 0.121. The third-order valence-electron chi connectivity index (χ3n) is 2.40. The average molecular weight is 272 g/mol. The number of nitrogens with zero attached hydrogens (tertiary/aromatic N) is 1. The first kappa shape index (κ1) is 14.4. The maximum Gasteiger partial charge on any atom is 0.294 e. The van der Waals surface area contributed by atoms with Crippen molar-refractivity contribution in [2.24, 2.45) is 5.73 Å². The lowest BCUT2D eigenvalue weighted by atomic mass is 10.1. The molecular formula is C11H14ClN3O3. The Kier molecular flexibility index (Phi) is 5.06. The van der Waals surface area contributed by atoms with Gasteiger partial charge in [0.1, 0.15) is 5.69 Å². The Hall–Kier alpha value is -1.66. The molecule has 0 saturated carbocycles. The van der Waals surface area contributed by atoms with Gasteiger partial charge in [0.25, 0.3) is 5.69 Å². The summed E-state index contributed by atoms with van der Waals surface area (Å²) in [6.45, 7) is 1.86. The molecule has 0 heterocycles. The second kappa shape index (κ2) is 6.32. The van der Waals surface area contributed by atoms with E-state index in [0.29, 0.717) is 6.42 Å². The van der Waals surface area contributed by atoms with Gasteiger partial charge in [0, 0.05) is 23.6 Å². The molecule has 0 aliphatic rings. The largest absolute Gasteiger partial charge is 0.327 e. The normalized spacial score (nSPS) is 11.9. The molecule has 0 aliphatic heterocycles. The zero-order chi connectivity index (χ0) is 13.7. The highest BCUT2D eigenvalue weighted by atomic mass is 35.5. The highest BCUT2D eigenvalue weighted by Gasteiger charge is 2.17. The van der Waals surface area contributed by atoms with E-state index in [1.54, 1.807) is 0 Å². The van der Waals surface area contributed by atoms with Crippen LogP contribution >= 0.6 is 11.6 Å². The maximum absolute atomic E-state index is 11.6. The van der Waals surface area contributed by atoms with Crippen LogP contribution in [0.4, 0.5) is 11.4 Å². The lowest BCUT2D eigenvalue weighted by molar-refractivity contribution is -0.383. The molecule has 0 radical (unpaired) electrons. The first-order valence-corrected chi connectivity index (χ1v) is 5.81. The van der Waals surface area contributed by atoms with E-state index < -0.39 is 4.92 Å². The quantitative estimate of drug-likeness (QED) is 0.634. The summed E-state index contributed by atoms with van der Waals surface area (Å²) in [6.07, 6.45) is 0.784. The van der Waals surface area contributed by atoms with Gasteiger partial charge >= 0.3 is 0 Å². The molecule has 1 aromatic carbocycles. The van der Waals surface area contributed by atoms with Gasteiger partial charge in [-0.05, 0) is 18.6 Å². The highest BCUT2D eigenvalue weighted by molar-refractivity contribution is 6.31. The van der Waals surface area contributed by atoms with Gasteiger partial charge in [-0.15, -0.1) is 0 Å². The summed E-state index contributed by atoms with van der Waals surface area (Å²) in [6, 6.07) is 3.81. The third-order valence-corrected chi connectivity index (χ3v) is 2.64. The standard InChI is InChI=1S/C11H14ClN3O3/c1-2-8(13)6-11(16)14-9-4-3-7(12)5-10(9)15(17)18/h3-5,8H,2,6,13H2,1H3,(H,14,16). The van der Waals surface area contributed by atoms with Crippen molar-refractivity contribution in [3.05, 3.63) is 33.3 Å². The number of nitrogens with two attached hydrogens (primary N) is 1. The van der Waals surface area contributed by atoms with E-state index in [2.05, 4.69) is 5.32 Å². The van der Waals surface area contributed by atoms with E-state index >= 15 is 0 Å². The van der Waals surface area contributed by atoms with Crippen LogP contribution in [0.3, 0.4) is 0 Å². The number of carbonyl (C=O) groups is 1. The van der Waals surface area contributed by atoms with E-state index in [1.807, 2.05) is 6.92 Å². The summed E-state index contributed by atoms with van der Waals surface area (Å²) in [7, 11) is 0. The summed E-state index contributed by atoms with van der Waals surface area (Å²) in [5.74, 6) is -0.352. The van der Waals surface area contributed by atoms with Crippen molar-refractivity contribution < 1.29 is 9.72 Å². The number of halogens is 1. The second-order valence-electron chi connectivity index (χ2n) is 3.84. The molecule has 1 aromatic rings. The summed E-state index contributed by atoms with van der Waals surface area (Å²) in [4.78, 5) is 21.8. The van der Waals surface area contributed by atoms with Crippen molar-refractivity contribution in [1.82, 2.24) is 0 Å². The molecule has 3 N–H and O–H groups in total. The van der Waals surface area contributed by atoms with E-state index in [4.69, 9.17) is 17.3 Å². The van der Waals surface area contributed by atoms with Crippen molar-refractivity contribution in [2.75, 3.05) is 5.32 Å². The molecule has 98 valence electrons. The number of carbonyl (C=O) groups excluding carboxylic acids is 1. The molecule has 1 amide bonds. The Labute approximate surface area is 109 Å². The van der Waals surface area contributed by atoms with Crippen LogP contribution in [-0.2, 0) is 4.79 Å². The summed E-state index contributed by atoms with van der Waals surface area (Å²) in [5.41, 5.74) is 5.52. The number of nitro groups is 1. The average Bonchev–Trinajstić information content (AvgIpc) is 2.30. The van der Waals surface area contributed by atoms with Gasteiger partial charge in [-0.1, -0.05) is 18.5 Å². The Balaban J connectivity index is 2.84. The van der Waals surface area contributed by atoms with Crippen LogP contribution in [0.2, 0.25) is 5.02 Å². The fourth-order valence-corrected chi connectivity index (χ4v) is 1.51. The SMILES string of the molecule is CCC(N)CC(=O)Nc1ccc(Cl)cc1[N+](=O)[O-]. The van der Waals surface area contributed by atoms with Crippen LogP contribution < -0.4 is 11.1 Å². The Morgan fingerprint density at radius 1 is 1.61 bits per heavy atom. The van der Waals surface area contributed by atoms with Crippen LogP contribution in [0.15, 0.2) is 18.2 Å². The Bertz CT molecular complexity index is 465. The van der Waals surface area contributed by atoms with Crippen LogP contribution in [-0.4, -0.2) is 16.9 Å². The van der Waals surface area contributed by atoms with Gasteiger partial charge in [0.15, 0.2) is 0 Å². The van der Waals surface area contributed by atoms with E-state index in [9.17, 15) is 14.9 Å². The second-order valence-corrected chi connectivity index (χ2v) is 4.28. The number of nitrogens with one attached hydrogen (secondary N) is 1. The fraction of sp³-hybridized carbons (Fsp3) is 0.364. The maximum atomic E-state index is 11.6. The van der Waals surface area contributed by atoms with Crippen molar-refractivity contribution >= 4 is 28.9 Å². The molecule has 0 saturated heterocycles.